The van der Waals surface area contributed by atoms with Crippen molar-refractivity contribution in [3.8, 4) is 0 Å². The van der Waals surface area contributed by atoms with Gasteiger partial charge in [0.25, 0.3) is 0 Å². The van der Waals surface area contributed by atoms with Crippen molar-refractivity contribution in [2.45, 2.75) is 38.6 Å². The van der Waals surface area contributed by atoms with Crippen molar-refractivity contribution in [1.29, 1.82) is 0 Å². The lowest BCUT2D eigenvalue weighted by molar-refractivity contribution is 0.393. The number of aromatic nitrogens is 1. The van der Waals surface area contributed by atoms with Gasteiger partial charge in [-0.3, -0.25) is 4.72 Å². The van der Waals surface area contributed by atoms with E-state index in [2.05, 4.69) is 15.0 Å². The molecular weight excluding hydrogens is 262 g/mol. The first-order valence-electron chi connectivity index (χ1n) is 6.73. The van der Waals surface area contributed by atoms with Crippen LogP contribution in [-0.2, 0) is 10.0 Å². The van der Waals surface area contributed by atoms with Crippen molar-refractivity contribution in [1.82, 2.24) is 10.3 Å². The van der Waals surface area contributed by atoms with Crippen LogP contribution in [0.15, 0.2) is 18.2 Å². The fourth-order valence-electron chi connectivity index (χ4n) is 2.28. The summed E-state index contributed by atoms with van der Waals surface area (Å²) in [4.78, 5) is 4.15. The van der Waals surface area contributed by atoms with E-state index < -0.39 is 10.0 Å². The minimum atomic E-state index is -3.30. The van der Waals surface area contributed by atoms with Crippen LogP contribution in [0.4, 0.5) is 5.82 Å². The third kappa shape index (κ3) is 4.80. The Balaban J connectivity index is 1.87. The highest BCUT2D eigenvalue weighted by Gasteiger charge is 2.17. The molecule has 0 saturated carbocycles. The molecule has 0 aliphatic carbocycles. The molecule has 1 saturated heterocycles. The summed E-state index contributed by atoms with van der Waals surface area (Å²) in [6.45, 7) is 2.83. The fraction of sp³-hybridized carbons (Fsp3) is 0.615. The van der Waals surface area contributed by atoms with Crippen molar-refractivity contribution in [2.75, 3.05) is 17.0 Å². The normalized spacial score (nSPS) is 20.2. The molecule has 2 rings (SSSR count). The van der Waals surface area contributed by atoms with E-state index in [1.54, 1.807) is 12.1 Å². The van der Waals surface area contributed by atoms with Crippen LogP contribution in [0.3, 0.4) is 0 Å². The first-order chi connectivity index (χ1) is 9.05. The minimum absolute atomic E-state index is 0.139. The maximum Gasteiger partial charge on any atom is 0.233 e. The van der Waals surface area contributed by atoms with Gasteiger partial charge in [0, 0.05) is 11.7 Å². The molecule has 1 fully saturated rings. The zero-order chi connectivity index (χ0) is 13.7. The summed E-state index contributed by atoms with van der Waals surface area (Å²) in [7, 11) is -3.30. The molecule has 19 heavy (non-hydrogen) atoms. The van der Waals surface area contributed by atoms with Crippen LogP contribution in [0.1, 0.15) is 31.4 Å². The largest absolute Gasteiger partial charge is 0.314 e. The summed E-state index contributed by atoms with van der Waals surface area (Å²) in [5, 5.41) is 3.36. The molecule has 2 N–H and O–H groups in total. The van der Waals surface area contributed by atoms with Gasteiger partial charge in [0.1, 0.15) is 5.82 Å². The van der Waals surface area contributed by atoms with Crippen molar-refractivity contribution < 1.29 is 8.42 Å². The van der Waals surface area contributed by atoms with Crippen molar-refractivity contribution in [3.63, 3.8) is 0 Å². The van der Waals surface area contributed by atoms with E-state index in [9.17, 15) is 8.42 Å². The second-order valence-electron chi connectivity index (χ2n) is 5.02. The number of pyridine rings is 1. The third-order valence-corrected chi connectivity index (χ3v) is 4.59. The van der Waals surface area contributed by atoms with Crippen LogP contribution < -0.4 is 10.0 Å². The van der Waals surface area contributed by atoms with Gasteiger partial charge in [0.2, 0.25) is 10.0 Å². The quantitative estimate of drug-likeness (QED) is 0.862. The molecule has 0 spiro atoms. The van der Waals surface area contributed by atoms with Gasteiger partial charge < -0.3 is 5.32 Å². The van der Waals surface area contributed by atoms with E-state index in [1.807, 2.05) is 13.0 Å². The molecule has 1 aromatic heterocycles. The molecule has 106 valence electrons. The van der Waals surface area contributed by atoms with E-state index in [0.29, 0.717) is 18.3 Å². The number of sulfonamides is 1. The number of hydrogen-bond donors (Lipinski definition) is 2. The molecule has 1 atom stereocenters. The minimum Gasteiger partial charge on any atom is -0.314 e. The van der Waals surface area contributed by atoms with Gasteiger partial charge in [-0.2, -0.15) is 0 Å². The summed E-state index contributed by atoms with van der Waals surface area (Å²) >= 11 is 0. The monoisotopic (exact) mass is 283 g/mol. The molecule has 0 aromatic carbocycles. The van der Waals surface area contributed by atoms with E-state index in [4.69, 9.17) is 0 Å². The first kappa shape index (κ1) is 14.3. The number of aryl methyl sites for hydroxylation is 1. The zero-order valence-corrected chi connectivity index (χ0v) is 12.0. The Morgan fingerprint density at radius 1 is 1.42 bits per heavy atom. The second-order valence-corrected chi connectivity index (χ2v) is 6.86. The lowest BCUT2D eigenvalue weighted by Crippen LogP contribution is -2.36. The second kappa shape index (κ2) is 6.34. The van der Waals surface area contributed by atoms with Crippen molar-refractivity contribution >= 4 is 15.8 Å². The highest BCUT2D eigenvalue weighted by Crippen LogP contribution is 2.12. The van der Waals surface area contributed by atoms with E-state index in [-0.39, 0.29) is 5.75 Å². The van der Waals surface area contributed by atoms with Gasteiger partial charge in [0.05, 0.1) is 5.75 Å². The lowest BCUT2D eigenvalue weighted by Gasteiger charge is -2.23. The number of anilines is 1. The van der Waals surface area contributed by atoms with Gasteiger partial charge in [-0.05, 0) is 44.9 Å². The Kier molecular flexibility index (Phi) is 4.76. The highest BCUT2D eigenvalue weighted by atomic mass is 32.2. The van der Waals surface area contributed by atoms with Crippen LogP contribution >= 0.6 is 0 Å². The van der Waals surface area contributed by atoms with E-state index in [0.717, 1.165) is 18.7 Å². The predicted molar refractivity (Wildman–Crippen MR) is 76.6 cm³/mol. The summed E-state index contributed by atoms with van der Waals surface area (Å²) < 4.78 is 26.5. The van der Waals surface area contributed by atoms with Crippen molar-refractivity contribution in [2.24, 2.45) is 0 Å². The molecule has 5 nitrogen and oxygen atoms in total. The smallest absolute Gasteiger partial charge is 0.233 e. The van der Waals surface area contributed by atoms with Gasteiger partial charge in [-0.25, -0.2) is 13.4 Å². The van der Waals surface area contributed by atoms with Gasteiger partial charge in [0.15, 0.2) is 0 Å². The van der Waals surface area contributed by atoms with E-state index in [1.165, 1.54) is 12.8 Å². The molecule has 6 heteroatoms. The van der Waals surface area contributed by atoms with Crippen LogP contribution in [0.5, 0.6) is 0 Å². The van der Waals surface area contributed by atoms with Gasteiger partial charge in [-0.15, -0.1) is 0 Å². The summed E-state index contributed by atoms with van der Waals surface area (Å²) in [6, 6.07) is 5.63. The van der Waals surface area contributed by atoms with Crippen LogP contribution in [0.2, 0.25) is 0 Å². The molecule has 1 aromatic rings. The molecule has 2 heterocycles. The average molecular weight is 283 g/mol. The Hall–Kier alpha value is -1.14. The Bertz CT molecular complexity index is 510. The van der Waals surface area contributed by atoms with Gasteiger partial charge >= 0.3 is 0 Å². The molecular formula is C13H21N3O2S. The van der Waals surface area contributed by atoms with Crippen LogP contribution in [0, 0.1) is 6.92 Å². The zero-order valence-electron chi connectivity index (χ0n) is 11.2. The molecule has 0 amide bonds. The maximum absolute atomic E-state index is 12.0. The summed E-state index contributed by atoms with van der Waals surface area (Å²) in [6.07, 6.45) is 4.10. The Morgan fingerprint density at radius 3 is 2.95 bits per heavy atom. The lowest BCUT2D eigenvalue weighted by atomic mass is 10.0. The van der Waals surface area contributed by atoms with Gasteiger partial charge in [-0.1, -0.05) is 12.5 Å². The number of hydrogen-bond acceptors (Lipinski definition) is 4. The maximum atomic E-state index is 12.0. The highest BCUT2D eigenvalue weighted by molar-refractivity contribution is 7.92. The fourth-order valence-corrected chi connectivity index (χ4v) is 3.41. The first-order valence-corrected chi connectivity index (χ1v) is 8.38. The number of rotatable bonds is 5. The summed E-state index contributed by atoms with van der Waals surface area (Å²) in [5.41, 5.74) is 0.800. The molecule has 1 aliphatic rings. The Morgan fingerprint density at radius 2 is 2.26 bits per heavy atom. The molecule has 1 aliphatic heterocycles. The predicted octanol–water partition coefficient (Wildman–Crippen LogP) is 1.66. The third-order valence-electron chi connectivity index (χ3n) is 3.30. The average Bonchev–Trinajstić information content (AvgIpc) is 2.37. The van der Waals surface area contributed by atoms with Crippen LogP contribution in [-0.4, -0.2) is 31.7 Å². The van der Waals surface area contributed by atoms with E-state index >= 15 is 0 Å². The van der Waals surface area contributed by atoms with Crippen LogP contribution in [0.25, 0.3) is 0 Å². The molecule has 1 unspecified atom stereocenters. The van der Waals surface area contributed by atoms with Crippen molar-refractivity contribution in [3.05, 3.63) is 23.9 Å². The molecule has 0 bridgehead atoms. The number of nitrogens with zero attached hydrogens (tertiary/aromatic N) is 1. The SMILES string of the molecule is Cc1cccc(NS(=O)(=O)CCC2CCCCN2)n1. The molecule has 0 radical (unpaired) electrons. The standard InChI is InChI=1S/C13H21N3O2S/c1-11-5-4-7-13(15-11)16-19(17,18)10-8-12-6-2-3-9-14-12/h4-5,7,12,14H,2-3,6,8-10H2,1H3,(H,15,16). The Labute approximate surface area is 114 Å². The number of piperidine rings is 1. The summed E-state index contributed by atoms with van der Waals surface area (Å²) in [5.74, 6) is 0.539. The topological polar surface area (TPSA) is 71.1 Å². The number of nitrogens with one attached hydrogen (secondary N) is 2.